The molecule has 6 rings (SSSR count). The maximum absolute atomic E-state index is 13.8. The number of hydrogen-bond acceptors (Lipinski definition) is 4. The minimum atomic E-state index is -0.0964. The largest absolute Gasteiger partial charge is 0.353 e. The van der Waals surface area contributed by atoms with E-state index in [1.165, 1.54) is 44.1 Å². The molecule has 39 heavy (non-hydrogen) atoms. The summed E-state index contributed by atoms with van der Waals surface area (Å²) in [5.41, 5.74) is 3.61. The zero-order valence-electron chi connectivity index (χ0n) is 23.1. The van der Waals surface area contributed by atoms with Gasteiger partial charge in [0.1, 0.15) is 0 Å². The van der Waals surface area contributed by atoms with E-state index in [1.807, 2.05) is 22.8 Å². The number of carbonyl (C=O) groups excluding carboxylic acids is 1. The number of likely N-dealkylation sites (tertiary alicyclic amines) is 1. The van der Waals surface area contributed by atoms with Crippen LogP contribution in [0, 0.1) is 0 Å². The molecule has 208 valence electrons. The third kappa shape index (κ3) is 5.19. The van der Waals surface area contributed by atoms with Crippen LogP contribution in [0.4, 0.5) is 0 Å². The first kappa shape index (κ1) is 26.3. The molecular weight excluding hydrogens is 486 g/mol. The van der Waals surface area contributed by atoms with Crippen molar-refractivity contribution in [2.75, 3.05) is 26.2 Å². The van der Waals surface area contributed by atoms with Crippen LogP contribution >= 0.6 is 0 Å². The molecule has 3 aromatic rings. The Morgan fingerprint density at radius 3 is 2.26 bits per heavy atom. The highest BCUT2D eigenvalue weighted by Gasteiger charge is 2.40. The molecule has 1 saturated carbocycles. The van der Waals surface area contributed by atoms with E-state index in [4.69, 9.17) is 0 Å². The predicted molar refractivity (Wildman–Crippen MR) is 156 cm³/mol. The molecule has 2 saturated heterocycles. The van der Waals surface area contributed by atoms with E-state index in [0.717, 1.165) is 56.4 Å². The Morgan fingerprint density at radius 2 is 1.56 bits per heavy atom. The lowest BCUT2D eigenvalue weighted by molar-refractivity contribution is -0.122. The minimum Gasteiger partial charge on any atom is -0.353 e. The van der Waals surface area contributed by atoms with Crippen molar-refractivity contribution in [1.29, 1.82) is 0 Å². The maximum Gasteiger partial charge on any atom is 0.329 e. The lowest BCUT2D eigenvalue weighted by atomic mass is 9.79. The molecule has 3 fully saturated rings. The number of carbonyl (C=O) groups is 1. The Balaban J connectivity index is 1.20. The molecule has 2 aliphatic heterocycles. The van der Waals surface area contributed by atoms with Gasteiger partial charge in [-0.1, -0.05) is 68.1 Å². The summed E-state index contributed by atoms with van der Waals surface area (Å²) < 4.78 is 3.91. The lowest BCUT2D eigenvalue weighted by Crippen LogP contribution is -2.50. The van der Waals surface area contributed by atoms with Gasteiger partial charge in [-0.25, -0.2) is 4.79 Å². The third-order valence-electron chi connectivity index (χ3n) is 9.56. The molecular formula is C32H43N5O2. The summed E-state index contributed by atoms with van der Waals surface area (Å²) in [4.78, 5) is 29.0. The SMILES string of the molecule is O=C(NCCn1c(=O)n(C2CCN(C3(c4ccccc4)CCCCCC3)CC2)c2ccccc21)C1CCCN1. The lowest BCUT2D eigenvalue weighted by Gasteiger charge is -2.47. The summed E-state index contributed by atoms with van der Waals surface area (Å²) in [5, 5.41) is 6.29. The van der Waals surface area contributed by atoms with Crippen LogP contribution in [-0.2, 0) is 16.9 Å². The molecule has 0 radical (unpaired) electrons. The van der Waals surface area contributed by atoms with Crippen molar-refractivity contribution in [3.8, 4) is 0 Å². The third-order valence-corrected chi connectivity index (χ3v) is 9.56. The first-order valence-corrected chi connectivity index (χ1v) is 15.2. The molecule has 1 atom stereocenters. The van der Waals surface area contributed by atoms with Gasteiger partial charge in [-0.05, 0) is 62.8 Å². The molecule has 1 unspecified atom stereocenters. The molecule has 2 N–H and O–H groups in total. The van der Waals surface area contributed by atoms with Crippen molar-refractivity contribution in [1.82, 2.24) is 24.7 Å². The van der Waals surface area contributed by atoms with Gasteiger partial charge < -0.3 is 10.6 Å². The Morgan fingerprint density at radius 1 is 0.872 bits per heavy atom. The van der Waals surface area contributed by atoms with Crippen molar-refractivity contribution in [3.05, 3.63) is 70.6 Å². The Kier molecular flexibility index (Phi) is 7.89. The van der Waals surface area contributed by atoms with Gasteiger partial charge in [-0.15, -0.1) is 0 Å². The number of fused-ring (bicyclic) bond motifs is 1. The van der Waals surface area contributed by atoms with Gasteiger partial charge in [0.2, 0.25) is 5.91 Å². The second-order valence-corrected chi connectivity index (χ2v) is 11.8. The zero-order chi connectivity index (χ0) is 26.7. The Bertz CT molecular complexity index is 1310. The van der Waals surface area contributed by atoms with E-state index < -0.39 is 0 Å². The number of benzene rings is 2. The van der Waals surface area contributed by atoms with Gasteiger partial charge in [0.05, 0.1) is 17.1 Å². The smallest absolute Gasteiger partial charge is 0.329 e. The first-order valence-electron chi connectivity index (χ1n) is 15.2. The van der Waals surface area contributed by atoms with E-state index in [-0.39, 0.29) is 29.2 Å². The monoisotopic (exact) mass is 529 g/mol. The van der Waals surface area contributed by atoms with E-state index in [1.54, 1.807) is 0 Å². The fraction of sp³-hybridized carbons (Fsp3) is 0.562. The number of hydrogen-bond donors (Lipinski definition) is 2. The van der Waals surface area contributed by atoms with Crippen molar-refractivity contribution < 1.29 is 4.79 Å². The van der Waals surface area contributed by atoms with Crippen molar-refractivity contribution in [3.63, 3.8) is 0 Å². The quantitative estimate of drug-likeness (QED) is 0.441. The van der Waals surface area contributed by atoms with Crippen molar-refractivity contribution in [2.45, 2.75) is 88.4 Å². The normalized spacial score (nSPS) is 22.6. The number of para-hydroxylation sites is 2. The zero-order valence-corrected chi connectivity index (χ0v) is 23.1. The Hall–Kier alpha value is -2.90. The van der Waals surface area contributed by atoms with Crippen LogP contribution in [0.25, 0.3) is 11.0 Å². The van der Waals surface area contributed by atoms with Gasteiger partial charge in [0, 0.05) is 37.8 Å². The average molecular weight is 530 g/mol. The Labute approximate surface area is 231 Å². The average Bonchev–Trinajstić information content (AvgIpc) is 3.53. The van der Waals surface area contributed by atoms with Crippen LogP contribution in [0.2, 0.25) is 0 Å². The van der Waals surface area contributed by atoms with Crippen molar-refractivity contribution in [2.24, 2.45) is 0 Å². The van der Waals surface area contributed by atoms with Gasteiger partial charge in [0.25, 0.3) is 0 Å². The summed E-state index contributed by atoms with van der Waals surface area (Å²) in [7, 11) is 0. The standard InChI is InChI=1S/C32H43N5O2/c38-30(27-13-10-20-33-27)34-21-24-36-28-14-6-7-15-29(28)37(31(36)39)26-16-22-35(23-17-26)32(18-8-1-2-9-19-32)25-11-4-3-5-12-25/h3-7,11-12,14-15,26-27,33H,1-2,8-10,13,16-24H2,(H,34,38). The number of rotatable bonds is 7. The molecule has 7 heteroatoms. The van der Waals surface area contributed by atoms with E-state index in [9.17, 15) is 9.59 Å². The summed E-state index contributed by atoms with van der Waals surface area (Å²) in [5.74, 6) is 0.0440. The predicted octanol–water partition coefficient (Wildman–Crippen LogP) is 4.56. The van der Waals surface area contributed by atoms with Crippen LogP contribution < -0.4 is 16.3 Å². The van der Waals surface area contributed by atoms with Gasteiger partial charge in [-0.3, -0.25) is 18.8 Å². The van der Waals surface area contributed by atoms with Crippen LogP contribution in [0.3, 0.4) is 0 Å². The van der Waals surface area contributed by atoms with Crippen molar-refractivity contribution >= 4 is 16.9 Å². The highest BCUT2D eigenvalue weighted by atomic mass is 16.2. The van der Waals surface area contributed by atoms with Gasteiger partial charge >= 0.3 is 5.69 Å². The molecule has 1 aliphatic carbocycles. The number of aromatic nitrogens is 2. The van der Waals surface area contributed by atoms with Crippen LogP contribution in [-0.4, -0.2) is 52.2 Å². The van der Waals surface area contributed by atoms with E-state index in [0.29, 0.717) is 13.1 Å². The summed E-state index contributed by atoms with van der Waals surface area (Å²) >= 11 is 0. The minimum absolute atomic E-state index is 0.0440. The summed E-state index contributed by atoms with van der Waals surface area (Å²) in [6, 6.07) is 19.4. The first-order chi connectivity index (χ1) is 19.2. The van der Waals surface area contributed by atoms with Crippen LogP contribution in [0.1, 0.15) is 75.8 Å². The highest BCUT2D eigenvalue weighted by molar-refractivity contribution is 5.82. The number of amides is 1. The maximum atomic E-state index is 13.8. The topological polar surface area (TPSA) is 71.3 Å². The molecule has 3 heterocycles. The number of piperidine rings is 1. The molecule has 1 amide bonds. The fourth-order valence-corrected chi connectivity index (χ4v) is 7.53. The molecule has 3 aliphatic rings. The number of nitrogens with zero attached hydrogens (tertiary/aromatic N) is 3. The van der Waals surface area contributed by atoms with Gasteiger partial charge in [0.15, 0.2) is 0 Å². The highest BCUT2D eigenvalue weighted by Crippen LogP contribution is 2.43. The summed E-state index contributed by atoms with van der Waals surface area (Å²) in [6.45, 7) is 3.87. The fourth-order valence-electron chi connectivity index (χ4n) is 7.53. The van der Waals surface area contributed by atoms with E-state index in [2.05, 4.69) is 56.5 Å². The van der Waals surface area contributed by atoms with E-state index >= 15 is 0 Å². The molecule has 0 spiro atoms. The second kappa shape index (κ2) is 11.7. The number of nitrogens with one attached hydrogen (secondary N) is 2. The molecule has 0 bridgehead atoms. The molecule has 1 aromatic heterocycles. The van der Waals surface area contributed by atoms with Gasteiger partial charge in [-0.2, -0.15) is 0 Å². The van der Waals surface area contributed by atoms with Crippen LogP contribution in [0.5, 0.6) is 0 Å². The van der Waals surface area contributed by atoms with Crippen LogP contribution in [0.15, 0.2) is 59.4 Å². The number of imidazole rings is 1. The molecule has 2 aromatic carbocycles. The second-order valence-electron chi connectivity index (χ2n) is 11.8. The summed E-state index contributed by atoms with van der Waals surface area (Å²) in [6.07, 6.45) is 11.6. The molecule has 7 nitrogen and oxygen atoms in total.